The minimum Gasteiger partial charge on any atom is -0.492 e. The number of hydrogen-bond donors (Lipinski definition) is 1. The van der Waals surface area contributed by atoms with Crippen molar-refractivity contribution < 1.29 is 4.74 Å². The first-order valence-electron chi connectivity index (χ1n) is 7.74. The van der Waals surface area contributed by atoms with Gasteiger partial charge in [0.05, 0.1) is 6.61 Å². The Morgan fingerprint density at radius 2 is 1.83 bits per heavy atom. The predicted molar refractivity (Wildman–Crippen MR) is 101 cm³/mol. The van der Waals surface area contributed by atoms with Crippen molar-refractivity contribution in [3.8, 4) is 5.75 Å². The molecule has 0 radical (unpaired) electrons. The maximum Gasteiger partial charge on any atom is 0.206 e. The van der Waals surface area contributed by atoms with Gasteiger partial charge in [0.1, 0.15) is 5.75 Å². The number of rotatable bonds is 8. The zero-order chi connectivity index (χ0) is 16.6. The molecule has 3 rings (SSSR count). The van der Waals surface area contributed by atoms with Crippen LogP contribution in [0.25, 0.3) is 0 Å². The van der Waals surface area contributed by atoms with Crippen LogP contribution in [0.2, 0.25) is 0 Å². The lowest BCUT2D eigenvalue weighted by molar-refractivity contribution is 0.341. The van der Waals surface area contributed by atoms with Gasteiger partial charge in [0.15, 0.2) is 4.34 Å². The molecule has 0 fully saturated rings. The van der Waals surface area contributed by atoms with Gasteiger partial charge in [0.25, 0.3) is 0 Å². The van der Waals surface area contributed by atoms with Crippen LogP contribution >= 0.6 is 23.1 Å². The molecule has 0 aliphatic rings. The predicted octanol–water partition coefficient (Wildman–Crippen LogP) is 4.63. The molecule has 0 unspecified atom stereocenters. The highest BCUT2D eigenvalue weighted by Crippen LogP contribution is 2.26. The second-order valence-corrected chi connectivity index (χ2v) is 7.49. The van der Waals surface area contributed by atoms with Gasteiger partial charge in [-0.25, -0.2) is 0 Å². The van der Waals surface area contributed by atoms with Crippen LogP contribution in [-0.2, 0) is 6.54 Å². The molecule has 0 aliphatic heterocycles. The van der Waals surface area contributed by atoms with Gasteiger partial charge in [-0.3, -0.25) is 0 Å². The number of nitrogens with one attached hydrogen (secondary N) is 1. The molecule has 0 saturated carbocycles. The van der Waals surface area contributed by atoms with Crippen LogP contribution in [0.15, 0.2) is 58.9 Å². The van der Waals surface area contributed by atoms with Crippen molar-refractivity contribution in [2.24, 2.45) is 0 Å². The Morgan fingerprint density at radius 3 is 2.67 bits per heavy atom. The lowest BCUT2D eigenvalue weighted by Crippen LogP contribution is -2.01. The molecule has 1 heterocycles. The second kappa shape index (κ2) is 8.70. The Balaban J connectivity index is 1.40. The van der Waals surface area contributed by atoms with E-state index in [9.17, 15) is 0 Å². The molecule has 0 aliphatic carbocycles. The number of aryl methyl sites for hydroxylation is 1. The van der Waals surface area contributed by atoms with Gasteiger partial charge in [0, 0.05) is 12.3 Å². The fourth-order valence-electron chi connectivity index (χ4n) is 2.11. The molecule has 1 aromatic heterocycles. The van der Waals surface area contributed by atoms with Crippen LogP contribution in [-0.4, -0.2) is 22.6 Å². The van der Waals surface area contributed by atoms with E-state index in [-0.39, 0.29) is 0 Å². The molecule has 0 atom stereocenters. The van der Waals surface area contributed by atoms with E-state index in [4.69, 9.17) is 4.74 Å². The van der Waals surface area contributed by atoms with Gasteiger partial charge in [-0.05, 0) is 24.1 Å². The summed E-state index contributed by atoms with van der Waals surface area (Å²) in [5.74, 6) is 1.79. The average Bonchev–Trinajstić information content (AvgIpc) is 3.07. The highest BCUT2D eigenvalue weighted by molar-refractivity contribution is 8.01. The Morgan fingerprint density at radius 1 is 1.04 bits per heavy atom. The summed E-state index contributed by atoms with van der Waals surface area (Å²) in [4.78, 5) is 0. The summed E-state index contributed by atoms with van der Waals surface area (Å²) < 4.78 is 6.75. The number of hydrogen-bond acceptors (Lipinski definition) is 6. The molecule has 1 N–H and O–H groups in total. The summed E-state index contributed by atoms with van der Waals surface area (Å²) in [6, 6.07) is 18.3. The van der Waals surface area contributed by atoms with Crippen molar-refractivity contribution in [3.63, 3.8) is 0 Å². The van der Waals surface area contributed by atoms with Gasteiger partial charge >= 0.3 is 0 Å². The van der Waals surface area contributed by atoms with Crippen LogP contribution in [0, 0.1) is 6.92 Å². The van der Waals surface area contributed by atoms with Crippen molar-refractivity contribution >= 4 is 28.2 Å². The maximum absolute atomic E-state index is 5.79. The monoisotopic (exact) mass is 357 g/mol. The first-order chi connectivity index (χ1) is 11.8. The minimum absolute atomic E-state index is 0.655. The fourth-order valence-corrected chi connectivity index (χ4v) is 3.75. The Hall–Kier alpha value is -2.05. The van der Waals surface area contributed by atoms with E-state index in [0.717, 1.165) is 33.1 Å². The molecule has 0 amide bonds. The first-order valence-corrected chi connectivity index (χ1v) is 9.54. The summed E-state index contributed by atoms with van der Waals surface area (Å²) >= 11 is 3.24. The lowest BCUT2D eigenvalue weighted by atomic mass is 10.2. The highest BCUT2D eigenvalue weighted by Gasteiger charge is 2.05. The molecular formula is C18H19N3OS2. The van der Waals surface area contributed by atoms with Gasteiger partial charge in [0.2, 0.25) is 5.13 Å². The molecule has 4 nitrogen and oxygen atoms in total. The number of benzene rings is 2. The molecule has 124 valence electrons. The molecule has 24 heavy (non-hydrogen) atoms. The number of nitrogens with zero attached hydrogens (tertiary/aromatic N) is 2. The van der Waals surface area contributed by atoms with E-state index < -0.39 is 0 Å². The van der Waals surface area contributed by atoms with Crippen molar-refractivity contribution in [2.45, 2.75) is 17.8 Å². The summed E-state index contributed by atoms with van der Waals surface area (Å²) in [7, 11) is 0. The van der Waals surface area contributed by atoms with Crippen LogP contribution < -0.4 is 10.1 Å². The maximum atomic E-state index is 5.79. The van der Waals surface area contributed by atoms with E-state index in [1.165, 1.54) is 5.56 Å². The van der Waals surface area contributed by atoms with Crippen molar-refractivity contribution in [2.75, 3.05) is 17.7 Å². The SMILES string of the molecule is Cc1ccccc1OCCSc1nnc(NCc2ccccc2)s1. The standard InChI is InChI=1S/C18H19N3OS2/c1-14-7-5-6-10-16(14)22-11-12-23-18-21-20-17(24-18)19-13-15-8-3-2-4-9-15/h2-10H,11-13H2,1H3,(H,19,20). The van der Waals surface area contributed by atoms with Crippen molar-refractivity contribution in [3.05, 3.63) is 65.7 Å². The van der Waals surface area contributed by atoms with Crippen LogP contribution in [0.3, 0.4) is 0 Å². The van der Waals surface area contributed by atoms with Gasteiger partial charge < -0.3 is 10.1 Å². The largest absolute Gasteiger partial charge is 0.492 e. The third-order valence-electron chi connectivity index (χ3n) is 3.35. The Labute approximate surface area is 150 Å². The number of thioether (sulfide) groups is 1. The number of para-hydroxylation sites is 1. The van der Waals surface area contributed by atoms with E-state index in [2.05, 4.69) is 40.6 Å². The second-order valence-electron chi connectivity index (χ2n) is 5.17. The number of ether oxygens (including phenoxy) is 1. The fraction of sp³-hybridized carbons (Fsp3) is 0.222. The Kier molecular flexibility index (Phi) is 6.09. The zero-order valence-corrected chi connectivity index (χ0v) is 15.1. The van der Waals surface area contributed by atoms with E-state index in [1.54, 1.807) is 23.1 Å². The van der Waals surface area contributed by atoms with E-state index >= 15 is 0 Å². The molecule has 3 aromatic rings. The van der Waals surface area contributed by atoms with Gasteiger partial charge in [-0.1, -0.05) is 71.6 Å². The zero-order valence-electron chi connectivity index (χ0n) is 13.4. The van der Waals surface area contributed by atoms with Crippen molar-refractivity contribution in [1.29, 1.82) is 0 Å². The molecule has 0 saturated heterocycles. The quantitative estimate of drug-likeness (QED) is 0.470. The first kappa shape index (κ1) is 16.8. The van der Waals surface area contributed by atoms with Crippen molar-refractivity contribution in [1.82, 2.24) is 10.2 Å². The van der Waals surface area contributed by atoms with Crippen LogP contribution in [0.5, 0.6) is 5.75 Å². The third kappa shape index (κ3) is 4.97. The molecule has 0 spiro atoms. The van der Waals surface area contributed by atoms with E-state index in [1.807, 2.05) is 36.4 Å². The van der Waals surface area contributed by atoms with Gasteiger partial charge in [-0.2, -0.15) is 0 Å². The number of aromatic nitrogens is 2. The van der Waals surface area contributed by atoms with Gasteiger partial charge in [-0.15, -0.1) is 10.2 Å². The lowest BCUT2D eigenvalue weighted by Gasteiger charge is -2.07. The summed E-state index contributed by atoms with van der Waals surface area (Å²) in [5, 5.41) is 12.5. The molecule has 6 heteroatoms. The third-order valence-corrected chi connectivity index (χ3v) is 5.33. The number of anilines is 1. The average molecular weight is 358 g/mol. The summed E-state index contributed by atoms with van der Waals surface area (Å²) in [5.41, 5.74) is 2.39. The Bertz CT molecular complexity index is 762. The van der Waals surface area contributed by atoms with Crippen LogP contribution in [0.1, 0.15) is 11.1 Å². The highest BCUT2D eigenvalue weighted by atomic mass is 32.2. The molecule has 0 bridgehead atoms. The normalized spacial score (nSPS) is 10.5. The summed E-state index contributed by atoms with van der Waals surface area (Å²) in [6.07, 6.45) is 0. The summed E-state index contributed by atoms with van der Waals surface area (Å²) in [6.45, 7) is 3.47. The van der Waals surface area contributed by atoms with Crippen LogP contribution in [0.4, 0.5) is 5.13 Å². The smallest absolute Gasteiger partial charge is 0.206 e. The van der Waals surface area contributed by atoms with E-state index in [0.29, 0.717) is 6.61 Å². The minimum atomic E-state index is 0.655. The topological polar surface area (TPSA) is 47.0 Å². The molecule has 2 aromatic carbocycles. The molecular weight excluding hydrogens is 338 g/mol.